The highest BCUT2D eigenvalue weighted by Crippen LogP contribution is 2.31. The number of hydrogen-bond acceptors (Lipinski definition) is 3. The van der Waals surface area contributed by atoms with Gasteiger partial charge >= 0.3 is 0 Å². The van der Waals surface area contributed by atoms with Crippen LogP contribution in [0.25, 0.3) is 0 Å². The van der Waals surface area contributed by atoms with Crippen molar-refractivity contribution in [1.29, 1.82) is 0 Å². The molecule has 0 fully saturated rings. The number of nitro groups is 1. The van der Waals surface area contributed by atoms with E-state index in [4.69, 9.17) is 23.2 Å². The first-order valence-electron chi connectivity index (χ1n) is 7.47. The molecule has 0 N–H and O–H groups in total. The number of anilines is 1. The third-order valence-electron chi connectivity index (χ3n) is 4.04. The predicted octanol–water partition coefficient (Wildman–Crippen LogP) is 4.42. The summed E-state index contributed by atoms with van der Waals surface area (Å²) in [5.41, 5.74) is 2.32. The number of carbonyl (C=O) groups excluding carboxylic acids is 1. The fraction of sp³-hybridized carbons (Fsp3) is 0.235. The maximum absolute atomic E-state index is 12.7. The standard InChI is InChI=1S/C17H14Cl2N2O3/c18-14-6-3-11(8-15(14)19)9-17(22)20-7-1-2-12-4-5-13(21(23)24)10-16(12)20/h3-6,8,10H,1-2,7,9H2. The van der Waals surface area contributed by atoms with E-state index in [2.05, 4.69) is 0 Å². The van der Waals surface area contributed by atoms with Crippen LogP contribution in [0.4, 0.5) is 11.4 Å². The minimum atomic E-state index is -0.448. The summed E-state index contributed by atoms with van der Waals surface area (Å²) in [6.07, 6.45) is 1.81. The van der Waals surface area contributed by atoms with E-state index >= 15 is 0 Å². The number of benzene rings is 2. The molecule has 0 saturated heterocycles. The van der Waals surface area contributed by atoms with Crippen LogP contribution in [0.2, 0.25) is 10.0 Å². The van der Waals surface area contributed by atoms with E-state index in [9.17, 15) is 14.9 Å². The Morgan fingerprint density at radius 1 is 1.17 bits per heavy atom. The molecule has 1 aliphatic heterocycles. The number of fused-ring (bicyclic) bond motifs is 1. The van der Waals surface area contributed by atoms with Gasteiger partial charge in [-0.25, -0.2) is 0 Å². The molecule has 0 atom stereocenters. The Hall–Kier alpha value is -2.11. The van der Waals surface area contributed by atoms with Crippen LogP contribution in [-0.4, -0.2) is 17.4 Å². The van der Waals surface area contributed by atoms with E-state index in [0.29, 0.717) is 22.3 Å². The Morgan fingerprint density at radius 3 is 2.67 bits per heavy atom. The monoisotopic (exact) mass is 364 g/mol. The molecule has 0 saturated carbocycles. The van der Waals surface area contributed by atoms with E-state index < -0.39 is 4.92 Å². The Balaban J connectivity index is 1.87. The van der Waals surface area contributed by atoms with Crippen molar-refractivity contribution in [3.05, 3.63) is 67.7 Å². The van der Waals surface area contributed by atoms with Gasteiger partial charge in [-0.3, -0.25) is 14.9 Å². The Kier molecular flexibility index (Phi) is 4.73. The molecule has 1 heterocycles. The summed E-state index contributed by atoms with van der Waals surface area (Å²) in [4.78, 5) is 24.9. The molecule has 1 amide bonds. The number of nitro benzene ring substituents is 1. The van der Waals surface area contributed by atoms with Crippen molar-refractivity contribution < 1.29 is 9.72 Å². The molecule has 0 aromatic heterocycles. The topological polar surface area (TPSA) is 63.5 Å². The summed E-state index contributed by atoms with van der Waals surface area (Å²) in [5.74, 6) is -0.116. The second-order valence-electron chi connectivity index (χ2n) is 5.64. The number of hydrogen-bond donors (Lipinski definition) is 0. The average molecular weight is 365 g/mol. The first kappa shape index (κ1) is 16.7. The van der Waals surface area contributed by atoms with Gasteiger partial charge in [-0.1, -0.05) is 35.3 Å². The van der Waals surface area contributed by atoms with Crippen LogP contribution in [0.15, 0.2) is 36.4 Å². The minimum Gasteiger partial charge on any atom is -0.312 e. The second-order valence-corrected chi connectivity index (χ2v) is 6.46. The molecule has 5 nitrogen and oxygen atoms in total. The van der Waals surface area contributed by atoms with E-state index in [0.717, 1.165) is 24.0 Å². The van der Waals surface area contributed by atoms with E-state index in [1.807, 2.05) is 0 Å². The number of aryl methyl sites for hydroxylation is 1. The molecule has 3 rings (SSSR count). The van der Waals surface area contributed by atoms with E-state index in [-0.39, 0.29) is 18.0 Å². The maximum Gasteiger partial charge on any atom is 0.271 e. The van der Waals surface area contributed by atoms with Gasteiger partial charge in [0.25, 0.3) is 5.69 Å². The smallest absolute Gasteiger partial charge is 0.271 e. The highest BCUT2D eigenvalue weighted by molar-refractivity contribution is 6.42. The summed E-state index contributed by atoms with van der Waals surface area (Å²) in [7, 11) is 0. The van der Waals surface area contributed by atoms with Crippen LogP contribution in [0.1, 0.15) is 17.5 Å². The highest BCUT2D eigenvalue weighted by atomic mass is 35.5. The average Bonchev–Trinajstić information content (AvgIpc) is 2.57. The largest absolute Gasteiger partial charge is 0.312 e. The van der Waals surface area contributed by atoms with Crippen LogP contribution in [0.3, 0.4) is 0 Å². The van der Waals surface area contributed by atoms with Crippen LogP contribution < -0.4 is 4.90 Å². The molecule has 24 heavy (non-hydrogen) atoms. The van der Waals surface area contributed by atoms with Crippen LogP contribution in [-0.2, 0) is 17.6 Å². The molecular formula is C17H14Cl2N2O3. The van der Waals surface area contributed by atoms with Crippen LogP contribution in [0, 0.1) is 10.1 Å². The number of rotatable bonds is 3. The number of carbonyl (C=O) groups is 1. The van der Waals surface area contributed by atoms with Gasteiger partial charge < -0.3 is 4.90 Å². The molecule has 2 aromatic rings. The third kappa shape index (κ3) is 3.37. The van der Waals surface area contributed by atoms with Crippen LogP contribution in [0.5, 0.6) is 0 Å². The highest BCUT2D eigenvalue weighted by Gasteiger charge is 2.24. The van der Waals surface area contributed by atoms with Gasteiger partial charge in [0, 0.05) is 18.7 Å². The number of non-ortho nitro benzene ring substituents is 1. The van der Waals surface area contributed by atoms with E-state index in [1.54, 1.807) is 29.2 Å². The maximum atomic E-state index is 12.7. The zero-order valence-electron chi connectivity index (χ0n) is 12.7. The van der Waals surface area contributed by atoms with Gasteiger partial charge in [-0.05, 0) is 36.1 Å². The molecule has 2 aromatic carbocycles. The lowest BCUT2D eigenvalue weighted by molar-refractivity contribution is -0.384. The molecule has 0 bridgehead atoms. The zero-order chi connectivity index (χ0) is 17.3. The first-order chi connectivity index (χ1) is 11.5. The second kappa shape index (κ2) is 6.79. The number of amides is 1. The lowest BCUT2D eigenvalue weighted by Gasteiger charge is -2.29. The lowest BCUT2D eigenvalue weighted by atomic mass is 10.00. The Morgan fingerprint density at radius 2 is 1.96 bits per heavy atom. The summed E-state index contributed by atoms with van der Waals surface area (Å²) in [5, 5.41) is 11.8. The number of halogens is 2. The summed E-state index contributed by atoms with van der Waals surface area (Å²) in [6, 6.07) is 9.76. The number of nitrogens with zero attached hydrogens (tertiary/aromatic N) is 2. The van der Waals surface area contributed by atoms with E-state index in [1.165, 1.54) is 12.1 Å². The van der Waals surface area contributed by atoms with Crippen molar-refractivity contribution in [1.82, 2.24) is 0 Å². The van der Waals surface area contributed by atoms with Crippen molar-refractivity contribution in [2.24, 2.45) is 0 Å². The van der Waals surface area contributed by atoms with Crippen molar-refractivity contribution >= 4 is 40.5 Å². The van der Waals surface area contributed by atoms with Crippen molar-refractivity contribution in [3.63, 3.8) is 0 Å². The quantitative estimate of drug-likeness (QED) is 0.597. The van der Waals surface area contributed by atoms with Crippen molar-refractivity contribution in [2.75, 3.05) is 11.4 Å². The summed E-state index contributed by atoms with van der Waals surface area (Å²) < 4.78 is 0. The Bertz CT molecular complexity index is 823. The SMILES string of the molecule is O=C(Cc1ccc(Cl)c(Cl)c1)N1CCCc2ccc([N+](=O)[O-])cc21. The van der Waals surface area contributed by atoms with Gasteiger partial charge in [0.2, 0.25) is 5.91 Å². The molecular weight excluding hydrogens is 351 g/mol. The fourth-order valence-corrected chi connectivity index (χ4v) is 3.18. The van der Waals surface area contributed by atoms with Gasteiger partial charge in [-0.2, -0.15) is 0 Å². The first-order valence-corrected chi connectivity index (χ1v) is 8.23. The van der Waals surface area contributed by atoms with Gasteiger partial charge in [-0.15, -0.1) is 0 Å². The zero-order valence-corrected chi connectivity index (χ0v) is 14.2. The molecule has 0 aliphatic carbocycles. The van der Waals surface area contributed by atoms with Gasteiger partial charge in [0.05, 0.1) is 27.1 Å². The summed E-state index contributed by atoms with van der Waals surface area (Å²) in [6.45, 7) is 0.550. The lowest BCUT2D eigenvalue weighted by Crippen LogP contribution is -2.36. The molecule has 0 spiro atoms. The van der Waals surface area contributed by atoms with Crippen molar-refractivity contribution in [3.8, 4) is 0 Å². The van der Waals surface area contributed by atoms with Gasteiger partial charge in [0.1, 0.15) is 0 Å². The van der Waals surface area contributed by atoms with Gasteiger partial charge in [0.15, 0.2) is 0 Å². The van der Waals surface area contributed by atoms with Crippen molar-refractivity contribution in [2.45, 2.75) is 19.3 Å². The molecule has 0 radical (unpaired) electrons. The fourth-order valence-electron chi connectivity index (χ4n) is 2.86. The molecule has 124 valence electrons. The molecule has 7 heteroatoms. The predicted molar refractivity (Wildman–Crippen MR) is 93.9 cm³/mol. The molecule has 1 aliphatic rings. The summed E-state index contributed by atoms with van der Waals surface area (Å²) >= 11 is 11.9. The minimum absolute atomic E-state index is 0.0111. The normalized spacial score (nSPS) is 13.5. The third-order valence-corrected chi connectivity index (χ3v) is 4.78. The molecule has 0 unspecified atom stereocenters. The Labute approximate surface area is 148 Å². The van der Waals surface area contributed by atoms with Crippen LogP contribution >= 0.6 is 23.2 Å².